The number of urea groups is 1. The third-order valence-electron chi connectivity index (χ3n) is 5.66. The van der Waals surface area contributed by atoms with Crippen molar-refractivity contribution in [2.24, 2.45) is 11.8 Å². The van der Waals surface area contributed by atoms with Crippen LogP contribution in [-0.2, 0) is 9.59 Å². The highest BCUT2D eigenvalue weighted by molar-refractivity contribution is 7.12. The molecule has 5 amide bonds. The van der Waals surface area contributed by atoms with Crippen molar-refractivity contribution < 1.29 is 19.2 Å². The molecule has 28 heavy (non-hydrogen) atoms. The number of rotatable bonds is 5. The predicted molar refractivity (Wildman–Crippen MR) is 105 cm³/mol. The van der Waals surface area contributed by atoms with Gasteiger partial charge in [-0.05, 0) is 43.0 Å². The fourth-order valence-electron chi connectivity index (χ4n) is 3.85. The predicted octanol–water partition coefficient (Wildman–Crippen LogP) is 1.34. The van der Waals surface area contributed by atoms with Crippen LogP contribution in [0.2, 0.25) is 0 Å². The van der Waals surface area contributed by atoms with E-state index in [1.807, 2.05) is 19.2 Å². The van der Waals surface area contributed by atoms with Crippen LogP contribution in [0.15, 0.2) is 17.5 Å². The van der Waals surface area contributed by atoms with Crippen LogP contribution in [0.3, 0.4) is 0 Å². The Kier molecular flexibility index (Phi) is 5.74. The molecular weight excluding hydrogens is 380 g/mol. The molecular formula is C19H26N4O4S. The summed E-state index contributed by atoms with van der Waals surface area (Å²) in [5, 5.41) is 9.69. The van der Waals surface area contributed by atoms with Gasteiger partial charge in [-0.2, -0.15) is 0 Å². The van der Waals surface area contributed by atoms with E-state index in [4.69, 9.17) is 0 Å². The molecule has 1 aromatic rings. The molecule has 0 aliphatic carbocycles. The first kappa shape index (κ1) is 20.3. The molecule has 0 saturated carbocycles. The number of hydrogen-bond donors (Lipinski definition) is 3. The Hall–Kier alpha value is -2.42. The quantitative estimate of drug-likeness (QED) is 0.641. The minimum atomic E-state index is -0.933. The van der Waals surface area contributed by atoms with E-state index in [0.717, 1.165) is 0 Å². The third-order valence-corrected chi connectivity index (χ3v) is 6.53. The van der Waals surface area contributed by atoms with Crippen LogP contribution < -0.4 is 16.0 Å². The molecule has 0 spiro atoms. The summed E-state index contributed by atoms with van der Waals surface area (Å²) in [7, 11) is 0. The van der Waals surface area contributed by atoms with Crippen LogP contribution >= 0.6 is 11.3 Å². The van der Waals surface area contributed by atoms with Crippen molar-refractivity contribution in [2.45, 2.75) is 45.2 Å². The van der Waals surface area contributed by atoms with Gasteiger partial charge in [0.25, 0.3) is 11.8 Å². The second-order valence-corrected chi connectivity index (χ2v) is 8.83. The van der Waals surface area contributed by atoms with Gasteiger partial charge in [0.1, 0.15) is 11.6 Å². The van der Waals surface area contributed by atoms with Gasteiger partial charge >= 0.3 is 6.03 Å². The Morgan fingerprint density at radius 1 is 1.29 bits per heavy atom. The lowest BCUT2D eigenvalue weighted by atomic mass is 9.79. The van der Waals surface area contributed by atoms with Crippen molar-refractivity contribution in [2.75, 3.05) is 13.1 Å². The number of likely N-dealkylation sites (tertiary alicyclic amines) is 1. The Morgan fingerprint density at radius 2 is 1.96 bits per heavy atom. The van der Waals surface area contributed by atoms with Crippen molar-refractivity contribution >= 4 is 35.1 Å². The van der Waals surface area contributed by atoms with E-state index in [2.05, 4.69) is 16.0 Å². The standard InChI is InChI=1S/C19H26N4O4S/c1-11(2)14(20-15(24)13-5-4-10-28-13)16(25)23-8-6-12(7-9-23)19(3)17(26)21-18(27)22-19/h4-5,10-12,14H,6-9H2,1-3H3,(H,20,24)(H2,21,22,26,27). The molecule has 2 unspecified atom stereocenters. The van der Waals surface area contributed by atoms with E-state index < -0.39 is 17.6 Å². The highest BCUT2D eigenvalue weighted by atomic mass is 32.1. The molecule has 9 heteroatoms. The van der Waals surface area contributed by atoms with Gasteiger partial charge in [0.15, 0.2) is 0 Å². The maximum Gasteiger partial charge on any atom is 0.322 e. The first-order valence-corrected chi connectivity index (χ1v) is 10.4. The summed E-state index contributed by atoms with van der Waals surface area (Å²) in [5.74, 6) is -0.753. The number of thiophene rings is 1. The lowest BCUT2D eigenvalue weighted by Gasteiger charge is -2.40. The molecule has 3 heterocycles. The van der Waals surface area contributed by atoms with E-state index in [1.54, 1.807) is 24.0 Å². The second kappa shape index (κ2) is 7.90. The third kappa shape index (κ3) is 3.89. The maximum atomic E-state index is 13.0. The van der Waals surface area contributed by atoms with E-state index in [9.17, 15) is 19.2 Å². The minimum absolute atomic E-state index is 0.0405. The van der Waals surface area contributed by atoms with Crippen LogP contribution in [0.25, 0.3) is 0 Å². The van der Waals surface area contributed by atoms with Crippen molar-refractivity contribution in [1.82, 2.24) is 20.9 Å². The normalized spacial score (nSPS) is 24.1. The number of amides is 5. The average Bonchev–Trinajstić information content (AvgIpc) is 3.28. The topological polar surface area (TPSA) is 108 Å². The SMILES string of the molecule is CC(C)C(NC(=O)c1cccs1)C(=O)N1CCC(C2(C)NC(=O)NC2=O)CC1. The molecule has 8 nitrogen and oxygen atoms in total. The fourth-order valence-corrected chi connectivity index (χ4v) is 4.48. The number of hydrogen-bond acceptors (Lipinski definition) is 5. The van der Waals surface area contributed by atoms with Gasteiger partial charge in [-0.15, -0.1) is 11.3 Å². The molecule has 1 aromatic heterocycles. The van der Waals surface area contributed by atoms with E-state index >= 15 is 0 Å². The van der Waals surface area contributed by atoms with Crippen LogP contribution in [-0.4, -0.2) is 53.3 Å². The van der Waals surface area contributed by atoms with E-state index in [1.165, 1.54) is 11.3 Å². The van der Waals surface area contributed by atoms with Crippen LogP contribution in [0.1, 0.15) is 43.3 Å². The molecule has 0 aromatic carbocycles. The van der Waals surface area contributed by atoms with Gasteiger partial charge in [0.2, 0.25) is 5.91 Å². The smallest absolute Gasteiger partial charge is 0.322 e. The van der Waals surface area contributed by atoms with Gasteiger partial charge in [-0.1, -0.05) is 19.9 Å². The molecule has 2 aliphatic heterocycles. The first-order valence-electron chi connectivity index (χ1n) is 9.49. The van der Waals surface area contributed by atoms with Gasteiger partial charge < -0.3 is 15.5 Å². The molecule has 152 valence electrons. The van der Waals surface area contributed by atoms with Crippen molar-refractivity contribution in [3.63, 3.8) is 0 Å². The molecule has 0 radical (unpaired) electrons. The minimum Gasteiger partial charge on any atom is -0.341 e. The van der Waals surface area contributed by atoms with E-state index in [-0.39, 0.29) is 29.6 Å². The summed E-state index contributed by atoms with van der Waals surface area (Å²) in [6.07, 6.45) is 1.22. The van der Waals surface area contributed by atoms with Crippen molar-refractivity contribution in [1.29, 1.82) is 0 Å². The molecule has 0 bridgehead atoms. The van der Waals surface area contributed by atoms with Gasteiger partial charge in [0.05, 0.1) is 4.88 Å². The van der Waals surface area contributed by atoms with E-state index in [0.29, 0.717) is 30.8 Å². The summed E-state index contributed by atoms with van der Waals surface area (Å²) in [6, 6.07) is 2.46. The fraction of sp³-hybridized carbons (Fsp3) is 0.579. The zero-order valence-electron chi connectivity index (χ0n) is 16.3. The van der Waals surface area contributed by atoms with Gasteiger partial charge in [-0.3, -0.25) is 19.7 Å². The number of imide groups is 1. The van der Waals surface area contributed by atoms with Crippen molar-refractivity contribution in [3.05, 3.63) is 22.4 Å². The zero-order valence-corrected chi connectivity index (χ0v) is 17.1. The number of piperidine rings is 1. The molecule has 2 fully saturated rings. The molecule has 2 aliphatic rings. The summed E-state index contributed by atoms with van der Waals surface area (Å²) >= 11 is 1.34. The summed E-state index contributed by atoms with van der Waals surface area (Å²) in [4.78, 5) is 51.4. The highest BCUT2D eigenvalue weighted by Gasteiger charge is 2.49. The number of carbonyl (C=O) groups is 4. The number of nitrogens with one attached hydrogen (secondary N) is 3. The summed E-state index contributed by atoms with van der Waals surface area (Å²) in [6.45, 7) is 6.52. The molecule has 2 saturated heterocycles. The van der Waals surface area contributed by atoms with Crippen LogP contribution in [0.4, 0.5) is 4.79 Å². The summed E-state index contributed by atoms with van der Waals surface area (Å²) in [5.41, 5.74) is -0.933. The Bertz CT molecular complexity index is 771. The van der Waals surface area contributed by atoms with Gasteiger partial charge in [-0.25, -0.2) is 4.79 Å². The molecule has 3 rings (SSSR count). The van der Waals surface area contributed by atoms with Crippen molar-refractivity contribution in [3.8, 4) is 0 Å². The Labute approximate surface area is 168 Å². The highest BCUT2D eigenvalue weighted by Crippen LogP contribution is 2.31. The number of nitrogens with zero attached hydrogens (tertiary/aromatic N) is 1. The second-order valence-electron chi connectivity index (χ2n) is 7.88. The Balaban J connectivity index is 1.62. The lowest BCUT2D eigenvalue weighted by Crippen LogP contribution is -2.57. The van der Waals surface area contributed by atoms with Crippen LogP contribution in [0, 0.1) is 11.8 Å². The maximum absolute atomic E-state index is 13.0. The Morgan fingerprint density at radius 3 is 2.46 bits per heavy atom. The summed E-state index contributed by atoms with van der Waals surface area (Å²) < 4.78 is 0. The number of carbonyl (C=O) groups excluding carboxylic acids is 4. The largest absolute Gasteiger partial charge is 0.341 e. The van der Waals surface area contributed by atoms with Gasteiger partial charge in [0, 0.05) is 13.1 Å². The van der Waals surface area contributed by atoms with Crippen LogP contribution in [0.5, 0.6) is 0 Å². The first-order chi connectivity index (χ1) is 13.2. The lowest BCUT2D eigenvalue weighted by molar-refractivity contribution is -0.136. The average molecular weight is 407 g/mol. The zero-order chi connectivity index (χ0) is 20.5. The molecule has 2 atom stereocenters. The monoisotopic (exact) mass is 406 g/mol. The molecule has 3 N–H and O–H groups in total.